The first-order valence-electron chi connectivity index (χ1n) is 9.23. The molecule has 33 heavy (non-hydrogen) atoms. The molecule has 0 fully saturated rings. The van der Waals surface area contributed by atoms with Crippen molar-refractivity contribution in [1.29, 1.82) is 0 Å². The molecule has 0 aliphatic rings. The molecular formula is C24H10F8O. The summed E-state index contributed by atoms with van der Waals surface area (Å²) in [4.78, 5) is 0. The number of rotatable bonds is 4. The van der Waals surface area contributed by atoms with E-state index in [1.165, 1.54) is 0 Å². The van der Waals surface area contributed by atoms with Crippen molar-refractivity contribution in [2.45, 2.75) is 0 Å². The third kappa shape index (κ3) is 3.90. The largest absolute Gasteiger partial charge is 0.451 e. The minimum atomic E-state index is -1.67. The van der Waals surface area contributed by atoms with Gasteiger partial charge in [0.2, 0.25) is 11.6 Å². The minimum Gasteiger partial charge on any atom is -0.451 e. The first-order valence-corrected chi connectivity index (χ1v) is 9.23. The molecule has 0 unspecified atom stereocenters. The van der Waals surface area contributed by atoms with Crippen LogP contribution in [0.2, 0.25) is 0 Å². The highest BCUT2D eigenvalue weighted by molar-refractivity contribution is 5.67. The fourth-order valence-electron chi connectivity index (χ4n) is 3.18. The predicted octanol–water partition coefficient (Wildman–Crippen LogP) is 7.93. The quantitative estimate of drug-likeness (QED) is 0.278. The standard InChI is InChI=1S/C24H10F8O/c25-15-5-1-3-11(19(15)27)13-7-9-17(23(31)21(13)29)33-18-10-8-14(22(30)24(18)32)12-4-2-6-16(26)20(12)28/h1-10H. The van der Waals surface area contributed by atoms with E-state index in [4.69, 9.17) is 4.74 Å². The van der Waals surface area contributed by atoms with Crippen molar-refractivity contribution in [2.24, 2.45) is 0 Å². The van der Waals surface area contributed by atoms with Crippen molar-refractivity contribution in [3.05, 3.63) is 107 Å². The summed E-state index contributed by atoms with van der Waals surface area (Å²) < 4.78 is 118. The fraction of sp³-hybridized carbons (Fsp3) is 0. The molecule has 9 heteroatoms. The molecule has 0 saturated carbocycles. The summed E-state index contributed by atoms with van der Waals surface area (Å²) in [5.74, 6) is -13.7. The third-order valence-electron chi connectivity index (χ3n) is 4.80. The maximum absolute atomic E-state index is 14.5. The molecule has 0 aliphatic heterocycles. The van der Waals surface area contributed by atoms with Crippen molar-refractivity contribution in [3.8, 4) is 33.8 Å². The highest BCUT2D eigenvalue weighted by atomic mass is 19.2. The molecule has 168 valence electrons. The first kappa shape index (κ1) is 22.3. The average molecular weight is 466 g/mol. The van der Waals surface area contributed by atoms with Crippen molar-refractivity contribution in [1.82, 2.24) is 0 Å². The van der Waals surface area contributed by atoms with Crippen molar-refractivity contribution in [2.75, 3.05) is 0 Å². The van der Waals surface area contributed by atoms with E-state index in [-0.39, 0.29) is 0 Å². The molecule has 4 aromatic carbocycles. The number of ether oxygens (including phenoxy) is 1. The van der Waals surface area contributed by atoms with Crippen LogP contribution < -0.4 is 4.74 Å². The van der Waals surface area contributed by atoms with Gasteiger partial charge in [-0.25, -0.2) is 26.3 Å². The van der Waals surface area contributed by atoms with Crippen molar-refractivity contribution < 1.29 is 39.9 Å². The predicted molar refractivity (Wildman–Crippen MR) is 103 cm³/mol. The van der Waals surface area contributed by atoms with Gasteiger partial charge in [0.25, 0.3) is 0 Å². The Morgan fingerprint density at radius 2 is 0.727 bits per heavy atom. The van der Waals surface area contributed by atoms with Gasteiger partial charge in [-0.1, -0.05) is 24.3 Å². The zero-order valence-corrected chi connectivity index (χ0v) is 16.2. The highest BCUT2D eigenvalue weighted by Crippen LogP contribution is 2.37. The molecule has 0 atom stereocenters. The number of halogens is 8. The molecule has 0 heterocycles. The minimum absolute atomic E-state index is 0.559. The van der Waals surface area contributed by atoms with Gasteiger partial charge in [0.05, 0.1) is 0 Å². The van der Waals surface area contributed by atoms with E-state index < -0.39 is 80.3 Å². The van der Waals surface area contributed by atoms with E-state index >= 15 is 0 Å². The second-order valence-electron chi connectivity index (χ2n) is 6.78. The van der Waals surface area contributed by atoms with E-state index in [1.54, 1.807) is 0 Å². The van der Waals surface area contributed by atoms with Crippen LogP contribution in [0.15, 0.2) is 60.7 Å². The second-order valence-corrected chi connectivity index (χ2v) is 6.78. The van der Waals surface area contributed by atoms with E-state index in [0.717, 1.165) is 60.7 Å². The van der Waals surface area contributed by atoms with Crippen LogP contribution in [0.1, 0.15) is 0 Å². The number of hydrogen-bond donors (Lipinski definition) is 0. The smallest absolute Gasteiger partial charge is 0.201 e. The maximum atomic E-state index is 14.5. The lowest BCUT2D eigenvalue weighted by molar-refractivity contribution is 0.385. The highest BCUT2D eigenvalue weighted by Gasteiger charge is 2.23. The molecule has 0 aliphatic carbocycles. The van der Waals surface area contributed by atoms with Gasteiger partial charge in [-0.2, -0.15) is 8.78 Å². The molecule has 0 spiro atoms. The Morgan fingerprint density at radius 1 is 0.364 bits per heavy atom. The van der Waals surface area contributed by atoms with E-state index in [2.05, 4.69) is 0 Å². The van der Waals surface area contributed by atoms with E-state index in [9.17, 15) is 35.1 Å². The summed E-state index contributed by atoms with van der Waals surface area (Å²) in [5, 5.41) is 0. The van der Waals surface area contributed by atoms with Gasteiger partial charge < -0.3 is 4.74 Å². The van der Waals surface area contributed by atoms with Crippen LogP contribution in [-0.2, 0) is 0 Å². The van der Waals surface area contributed by atoms with Crippen LogP contribution in [-0.4, -0.2) is 0 Å². The molecule has 4 aromatic rings. The Morgan fingerprint density at radius 3 is 1.12 bits per heavy atom. The molecule has 0 aromatic heterocycles. The van der Waals surface area contributed by atoms with Crippen LogP contribution >= 0.6 is 0 Å². The topological polar surface area (TPSA) is 9.23 Å². The Hall–Kier alpha value is -3.88. The fourth-order valence-corrected chi connectivity index (χ4v) is 3.18. The third-order valence-corrected chi connectivity index (χ3v) is 4.80. The van der Waals surface area contributed by atoms with Gasteiger partial charge in [0, 0.05) is 22.3 Å². The van der Waals surface area contributed by atoms with Gasteiger partial charge in [-0.3, -0.25) is 0 Å². The number of benzene rings is 4. The molecule has 0 amide bonds. The zero-order valence-electron chi connectivity index (χ0n) is 16.2. The van der Waals surface area contributed by atoms with Crippen LogP contribution in [0.5, 0.6) is 11.5 Å². The Bertz CT molecular complexity index is 1280. The van der Waals surface area contributed by atoms with Crippen LogP contribution in [0.4, 0.5) is 35.1 Å². The molecule has 4 rings (SSSR count). The second kappa shape index (κ2) is 8.57. The summed E-state index contributed by atoms with van der Waals surface area (Å²) in [6, 6.07) is 9.19. The van der Waals surface area contributed by atoms with Gasteiger partial charge in [-0.15, -0.1) is 0 Å². The van der Waals surface area contributed by atoms with Crippen LogP contribution in [0.25, 0.3) is 22.3 Å². The Balaban J connectivity index is 1.71. The van der Waals surface area contributed by atoms with Crippen LogP contribution in [0.3, 0.4) is 0 Å². The molecule has 0 saturated heterocycles. The van der Waals surface area contributed by atoms with Gasteiger partial charge in [0.15, 0.2) is 46.4 Å². The van der Waals surface area contributed by atoms with Gasteiger partial charge in [-0.05, 0) is 36.4 Å². The molecule has 0 bridgehead atoms. The average Bonchev–Trinajstić information content (AvgIpc) is 2.79. The number of hydrogen-bond acceptors (Lipinski definition) is 1. The normalized spacial score (nSPS) is 11.0. The first-order chi connectivity index (χ1) is 15.7. The monoisotopic (exact) mass is 466 g/mol. The summed E-state index contributed by atoms with van der Waals surface area (Å²) in [7, 11) is 0. The summed E-state index contributed by atoms with van der Waals surface area (Å²) >= 11 is 0. The van der Waals surface area contributed by atoms with Gasteiger partial charge in [0.1, 0.15) is 0 Å². The summed E-state index contributed by atoms with van der Waals surface area (Å²) in [5.41, 5.74) is -2.37. The van der Waals surface area contributed by atoms with Crippen molar-refractivity contribution in [3.63, 3.8) is 0 Å². The molecule has 0 N–H and O–H groups in total. The lowest BCUT2D eigenvalue weighted by Crippen LogP contribution is -2.00. The zero-order chi connectivity index (χ0) is 23.9. The van der Waals surface area contributed by atoms with Crippen molar-refractivity contribution >= 4 is 0 Å². The molecule has 0 radical (unpaired) electrons. The summed E-state index contributed by atoms with van der Waals surface area (Å²) in [6.45, 7) is 0. The molecule has 1 nitrogen and oxygen atoms in total. The Labute approximate surface area is 181 Å². The van der Waals surface area contributed by atoms with Crippen LogP contribution in [0, 0.1) is 46.5 Å². The Kier molecular flexibility index (Phi) is 5.80. The molecular weight excluding hydrogens is 456 g/mol. The van der Waals surface area contributed by atoms with Gasteiger partial charge >= 0.3 is 0 Å². The lowest BCUT2D eigenvalue weighted by Gasteiger charge is -2.13. The van der Waals surface area contributed by atoms with E-state index in [1.807, 2.05) is 0 Å². The van der Waals surface area contributed by atoms with E-state index in [0.29, 0.717) is 0 Å². The summed E-state index contributed by atoms with van der Waals surface area (Å²) in [6.07, 6.45) is 0. The maximum Gasteiger partial charge on any atom is 0.201 e. The SMILES string of the molecule is Fc1cccc(-c2ccc(Oc3ccc(-c4cccc(F)c4F)c(F)c3F)c(F)c2F)c1F. The lowest BCUT2D eigenvalue weighted by atomic mass is 10.0.